The number of aryl methyl sites for hydroxylation is 1. The molecular formula is C26H25BF2N2O4. The third-order valence-electron chi connectivity index (χ3n) is 5.73. The summed E-state index contributed by atoms with van der Waals surface area (Å²) >= 11 is 0. The lowest BCUT2D eigenvalue weighted by molar-refractivity contribution is -0.360. The van der Waals surface area contributed by atoms with Crippen LogP contribution in [0.5, 0.6) is 0 Å². The van der Waals surface area contributed by atoms with E-state index in [1.54, 1.807) is 38.1 Å². The molecule has 2 aromatic rings. The van der Waals surface area contributed by atoms with Crippen molar-refractivity contribution in [2.24, 2.45) is 0 Å². The summed E-state index contributed by atoms with van der Waals surface area (Å²) in [7, 11) is 0. The van der Waals surface area contributed by atoms with Crippen molar-refractivity contribution in [2.75, 3.05) is 13.2 Å². The molecule has 1 aromatic heterocycles. The number of benzene rings is 1. The minimum Gasteiger partial charge on any atom is -0.463 e. The first kappa shape index (κ1) is 24.1. The van der Waals surface area contributed by atoms with Gasteiger partial charge in [0, 0.05) is 41.8 Å². The van der Waals surface area contributed by atoms with Gasteiger partial charge in [0.2, 0.25) is 0 Å². The molecule has 0 bridgehead atoms. The van der Waals surface area contributed by atoms with E-state index in [0.29, 0.717) is 17.0 Å². The Balaban J connectivity index is 1.92. The van der Waals surface area contributed by atoms with Gasteiger partial charge >= 0.3 is 18.9 Å². The summed E-state index contributed by atoms with van der Waals surface area (Å²) in [5.74, 6) is -1.23. The van der Waals surface area contributed by atoms with Gasteiger partial charge in [-0.2, -0.15) is 0 Å². The minimum atomic E-state index is -4.36. The number of halogens is 2. The zero-order chi connectivity index (χ0) is 25.2. The maximum absolute atomic E-state index is 16.2. The SMILES string of the molecule is CCOC(=O)/C=C/C1=[N+]2C(=C(c3ccc(C)cc3)c3ccc(/C=C/C(=O)OCC)n3[B-]2(F)F)C=C1. The van der Waals surface area contributed by atoms with E-state index in [2.05, 4.69) is 0 Å². The van der Waals surface area contributed by atoms with Gasteiger partial charge < -0.3 is 27.1 Å². The van der Waals surface area contributed by atoms with Crippen molar-refractivity contribution in [3.63, 3.8) is 0 Å². The van der Waals surface area contributed by atoms with Crippen LogP contribution in [-0.4, -0.2) is 46.8 Å². The first-order valence-corrected chi connectivity index (χ1v) is 11.4. The van der Waals surface area contributed by atoms with Crippen LogP contribution in [0.3, 0.4) is 0 Å². The lowest BCUT2D eigenvalue weighted by Gasteiger charge is -2.33. The van der Waals surface area contributed by atoms with Crippen LogP contribution in [-0.2, 0) is 19.1 Å². The Morgan fingerprint density at radius 2 is 1.57 bits per heavy atom. The third kappa shape index (κ3) is 4.54. The summed E-state index contributed by atoms with van der Waals surface area (Å²) in [6.07, 6.45) is 8.10. The fraction of sp³-hybridized carbons (Fsp3) is 0.192. The molecule has 0 saturated carbocycles. The second-order valence-corrected chi connectivity index (χ2v) is 8.03. The summed E-state index contributed by atoms with van der Waals surface area (Å²) in [5.41, 5.74) is 3.39. The molecule has 0 amide bonds. The highest BCUT2D eigenvalue weighted by Crippen LogP contribution is 2.40. The van der Waals surface area contributed by atoms with Gasteiger partial charge in [-0.05, 0) is 44.5 Å². The first-order valence-electron chi connectivity index (χ1n) is 11.4. The Kier molecular flexibility index (Phi) is 6.69. The monoisotopic (exact) mass is 478 g/mol. The van der Waals surface area contributed by atoms with Gasteiger partial charge in [0.25, 0.3) is 0 Å². The van der Waals surface area contributed by atoms with Crippen LogP contribution >= 0.6 is 0 Å². The third-order valence-corrected chi connectivity index (χ3v) is 5.73. The molecule has 0 unspecified atom stereocenters. The normalized spacial score (nSPS) is 16.3. The molecule has 4 rings (SSSR count). The average molecular weight is 478 g/mol. The maximum Gasteiger partial charge on any atom is 0.737 e. The van der Waals surface area contributed by atoms with Crippen molar-refractivity contribution < 1.29 is 32.2 Å². The molecule has 35 heavy (non-hydrogen) atoms. The zero-order valence-electron chi connectivity index (χ0n) is 19.7. The quantitative estimate of drug-likeness (QED) is 0.334. The minimum absolute atomic E-state index is 0.155. The molecule has 1 aromatic carbocycles. The van der Waals surface area contributed by atoms with Gasteiger partial charge in [0.1, 0.15) is 0 Å². The molecule has 0 N–H and O–H groups in total. The van der Waals surface area contributed by atoms with Crippen LogP contribution in [0.15, 0.2) is 72.5 Å². The Bertz CT molecular complexity index is 1330. The smallest absolute Gasteiger partial charge is 0.463 e. The number of hydrogen-bond acceptors (Lipinski definition) is 4. The highest BCUT2D eigenvalue weighted by molar-refractivity contribution is 6.58. The number of allylic oxidation sites excluding steroid dienone is 3. The fourth-order valence-electron chi connectivity index (χ4n) is 4.25. The Morgan fingerprint density at radius 3 is 2.20 bits per heavy atom. The topological polar surface area (TPSA) is 60.5 Å². The lowest BCUT2D eigenvalue weighted by Crippen LogP contribution is -2.51. The van der Waals surface area contributed by atoms with E-state index in [4.69, 9.17) is 9.47 Å². The molecule has 0 fully saturated rings. The van der Waals surface area contributed by atoms with Crippen molar-refractivity contribution in [1.29, 1.82) is 0 Å². The van der Waals surface area contributed by atoms with E-state index < -0.39 is 18.9 Å². The Labute approximate surface area is 202 Å². The number of aromatic nitrogens is 1. The summed E-state index contributed by atoms with van der Waals surface area (Å²) in [6.45, 7) is 1.30. The van der Waals surface area contributed by atoms with E-state index in [1.165, 1.54) is 12.2 Å². The molecule has 9 heteroatoms. The van der Waals surface area contributed by atoms with Crippen LogP contribution < -0.4 is 0 Å². The predicted octanol–water partition coefficient (Wildman–Crippen LogP) is 4.51. The molecule has 2 aliphatic heterocycles. The molecule has 0 spiro atoms. The van der Waals surface area contributed by atoms with Gasteiger partial charge in [0.15, 0.2) is 11.4 Å². The number of nitrogens with zero attached hydrogens (tertiary/aromatic N) is 2. The largest absolute Gasteiger partial charge is 0.737 e. The molecule has 2 aliphatic rings. The number of carbonyl (C=O) groups is 2. The molecule has 0 saturated heterocycles. The van der Waals surface area contributed by atoms with E-state index in [1.807, 2.05) is 31.2 Å². The number of rotatable bonds is 7. The van der Waals surface area contributed by atoms with Crippen molar-refractivity contribution in [1.82, 2.24) is 4.48 Å². The van der Waals surface area contributed by atoms with Crippen LogP contribution in [0.1, 0.15) is 36.4 Å². The van der Waals surface area contributed by atoms with Crippen LogP contribution in [0.4, 0.5) is 8.63 Å². The predicted molar refractivity (Wildman–Crippen MR) is 131 cm³/mol. The molecule has 3 heterocycles. The Hall–Kier alpha value is -4.01. The summed E-state index contributed by atoms with van der Waals surface area (Å²) in [4.78, 5) is 23.7. The lowest BCUT2D eigenvalue weighted by atomic mass is 9.85. The summed E-state index contributed by atoms with van der Waals surface area (Å²) < 4.78 is 44.0. The van der Waals surface area contributed by atoms with Gasteiger partial charge in [-0.15, -0.1) is 0 Å². The summed E-state index contributed by atoms with van der Waals surface area (Å²) in [5, 5.41) is 0. The van der Waals surface area contributed by atoms with Gasteiger partial charge in [0.05, 0.1) is 18.8 Å². The second-order valence-electron chi connectivity index (χ2n) is 8.03. The molecule has 0 radical (unpaired) electrons. The van der Waals surface area contributed by atoms with Crippen molar-refractivity contribution in [3.05, 3.63) is 95.0 Å². The van der Waals surface area contributed by atoms with Crippen molar-refractivity contribution in [2.45, 2.75) is 20.8 Å². The van der Waals surface area contributed by atoms with Crippen LogP contribution in [0.25, 0.3) is 11.6 Å². The van der Waals surface area contributed by atoms with E-state index in [-0.39, 0.29) is 24.6 Å². The van der Waals surface area contributed by atoms with E-state index in [9.17, 15) is 9.59 Å². The number of esters is 2. The standard InChI is InChI=1S/C26H25BF2N2O4/c1-4-34-24(32)16-12-20-10-14-22-26(19-8-6-18(3)7-9-19)23-15-11-21(13-17-25(33)35-5-2)31(23)27(28,29)30(20)22/h6-17H,4-5H2,1-3H3/b16-12+,17-13+. The number of ether oxygens (including phenoxy) is 2. The average Bonchev–Trinajstić information content (AvgIpc) is 3.44. The molecule has 0 aliphatic carbocycles. The van der Waals surface area contributed by atoms with Crippen LogP contribution in [0, 0.1) is 6.92 Å². The van der Waals surface area contributed by atoms with Crippen LogP contribution in [0.2, 0.25) is 0 Å². The van der Waals surface area contributed by atoms with E-state index in [0.717, 1.165) is 32.2 Å². The molecule has 180 valence electrons. The number of fused-ring (bicyclic) bond motifs is 2. The molecular weight excluding hydrogens is 453 g/mol. The first-order chi connectivity index (χ1) is 16.8. The van der Waals surface area contributed by atoms with Gasteiger partial charge in [-0.1, -0.05) is 29.8 Å². The fourth-order valence-corrected chi connectivity index (χ4v) is 4.25. The second kappa shape index (κ2) is 9.70. The van der Waals surface area contributed by atoms with Crippen molar-refractivity contribution >= 4 is 36.3 Å². The van der Waals surface area contributed by atoms with Gasteiger partial charge in [-0.3, -0.25) is 0 Å². The van der Waals surface area contributed by atoms with Crippen molar-refractivity contribution in [3.8, 4) is 0 Å². The highest BCUT2D eigenvalue weighted by Gasteiger charge is 2.54. The molecule has 6 nitrogen and oxygen atoms in total. The maximum atomic E-state index is 16.2. The van der Waals surface area contributed by atoms with E-state index >= 15 is 8.63 Å². The zero-order valence-corrected chi connectivity index (χ0v) is 19.7. The number of hydrogen-bond donors (Lipinski definition) is 0. The number of carbonyl (C=O) groups excluding carboxylic acids is 2. The van der Waals surface area contributed by atoms with Gasteiger partial charge in [-0.25, -0.2) is 9.59 Å². The Morgan fingerprint density at radius 1 is 0.943 bits per heavy atom. The molecule has 0 atom stereocenters. The highest BCUT2D eigenvalue weighted by atomic mass is 19.2. The summed E-state index contributed by atoms with van der Waals surface area (Å²) in [6, 6.07) is 10.8.